The van der Waals surface area contributed by atoms with E-state index in [4.69, 9.17) is 5.73 Å². The van der Waals surface area contributed by atoms with E-state index < -0.39 is 0 Å². The fraction of sp³-hybridized carbons (Fsp3) is 0.588. The molecule has 0 atom stereocenters. The van der Waals surface area contributed by atoms with Crippen LogP contribution in [-0.2, 0) is 11.3 Å². The fourth-order valence-electron chi connectivity index (χ4n) is 2.91. The topological polar surface area (TPSA) is 46.3 Å². The predicted molar refractivity (Wildman–Crippen MR) is 80.1 cm³/mol. The summed E-state index contributed by atoms with van der Waals surface area (Å²) >= 11 is 0. The first-order valence-corrected chi connectivity index (χ1v) is 7.70. The summed E-state index contributed by atoms with van der Waals surface area (Å²) < 4.78 is 0. The molecule has 0 spiro atoms. The molecule has 2 aliphatic rings. The summed E-state index contributed by atoms with van der Waals surface area (Å²) in [6, 6.07) is 8.93. The molecule has 0 unspecified atom stereocenters. The molecule has 0 aliphatic heterocycles. The highest BCUT2D eigenvalue weighted by atomic mass is 16.2. The van der Waals surface area contributed by atoms with Crippen LogP contribution in [0.5, 0.6) is 0 Å². The van der Waals surface area contributed by atoms with Crippen molar-refractivity contribution < 1.29 is 4.79 Å². The van der Waals surface area contributed by atoms with Gasteiger partial charge >= 0.3 is 0 Å². The van der Waals surface area contributed by atoms with Crippen LogP contribution in [0.4, 0.5) is 0 Å². The summed E-state index contributed by atoms with van der Waals surface area (Å²) in [5.74, 6) is 0.246. The second kappa shape index (κ2) is 5.21. The van der Waals surface area contributed by atoms with Crippen molar-refractivity contribution >= 4 is 5.91 Å². The van der Waals surface area contributed by atoms with Gasteiger partial charge in [0.25, 0.3) is 0 Å². The van der Waals surface area contributed by atoms with E-state index in [1.54, 1.807) is 0 Å². The lowest BCUT2D eigenvalue weighted by Gasteiger charge is -2.39. The van der Waals surface area contributed by atoms with Gasteiger partial charge in [0.05, 0.1) is 0 Å². The number of carbonyl (C=O) groups excluding carboxylic acids is 1. The molecule has 2 saturated carbocycles. The molecule has 20 heavy (non-hydrogen) atoms. The molecular weight excluding hydrogens is 248 g/mol. The van der Waals surface area contributed by atoms with E-state index in [2.05, 4.69) is 36.1 Å². The van der Waals surface area contributed by atoms with Crippen LogP contribution in [0, 0.1) is 6.92 Å². The first kappa shape index (κ1) is 13.6. The van der Waals surface area contributed by atoms with Crippen LogP contribution in [-0.4, -0.2) is 22.4 Å². The molecule has 1 amide bonds. The Hall–Kier alpha value is -1.35. The maximum atomic E-state index is 12.6. The van der Waals surface area contributed by atoms with Gasteiger partial charge in [0, 0.05) is 24.5 Å². The van der Waals surface area contributed by atoms with Crippen LogP contribution in [0.15, 0.2) is 24.3 Å². The van der Waals surface area contributed by atoms with Gasteiger partial charge < -0.3 is 10.6 Å². The summed E-state index contributed by atoms with van der Waals surface area (Å²) in [7, 11) is 0. The molecule has 1 aromatic carbocycles. The van der Waals surface area contributed by atoms with Crippen LogP contribution in [0.1, 0.15) is 49.7 Å². The number of hydrogen-bond acceptors (Lipinski definition) is 2. The predicted octanol–water partition coefficient (Wildman–Crippen LogP) is 2.76. The van der Waals surface area contributed by atoms with Crippen molar-refractivity contribution in [2.75, 3.05) is 0 Å². The Morgan fingerprint density at radius 2 is 1.95 bits per heavy atom. The Balaban J connectivity index is 1.66. The van der Waals surface area contributed by atoms with E-state index in [1.807, 2.05) is 0 Å². The SMILES string of the molecule is Cc1ccc(CN(C(=O)CC2(N)CCC2)C2CC2)cc1. The van der Waals surface area contributed by atoms with Crippen molar-refractivity contribution in [2.24, 2.45) is 5.73 Å². The number of aryl methyl sites for hydroxylation is 1. The Morgan fingerprint density at radius 3 is 2.45 bits per heavy atom. The summed E-state index contributed by atoms with van der Waals surface area (Å²) in [6.45, 7) is 2.82. The lowest BCUT2D eigenvalue weighted by atomic mass is 9.75. The van der Waals surface area contributed by atoms with Gasteiger partial charge in [0.2, 0.25) is 5.91 Å². The zero-order valence-corrected chi connectivity index (χ0v) is 12.3. The Labute approximate surface area is 121 Å². The number of benzene rings is 1. The average molecular weight is 272 g/mol. The minimum absolute atomic E-state index is 0.211. The van der Waals surface area contributed by atoms with Gasteiger partial charge in [-0.3, -0.25) is 4.79 Å². The molecule has 108 valence electrons. The Bertz CT molecular complexity index is 486. The molecular formula is C17H24N2O. The van der Waals surface area contributed by atoms with Crippen molar-refractivity contribution in [3.63, 3.8) is 0 Å². The third-order valence-electron chi connectivity index (χ3n) is 4.63. The maximum Gasteiger partial charge on any atom is 0.224 e. The molecule has 2 fully saturated rings. The van der Waals surface area contributed by atoms with Crippen LogP contribution in [0.3, 0.4) is 0 Å². The summed E-state index contributed by atoms with van der Waals surface area (Å²) in [5.41, 5.74) is 8.49. The van der Waals surface area contributed by atoms with Gasteiger partial charge in [-0.05, 0) is 44.6 Å². The van der Waals surface area contributed by atoms with Gasteiger partial charge in [0.15, 0.2) is 0 Å². The third kappa shape index (κ3) is 3.04. The molecule has 0 aromatic heterocycles. The van der Waals surface area contributed by atoms with Crippen molar-refractivity contribution in [3.8, 4) is 0 Å². The number of nitrogens with two attached hydrogens (primary N) is 1. The molecule has 0 heterocycles. The normalized spacial score (nSPS) is 20.3. The minimum atomic E-state index is -0.211. The molecule has 2 aliphatic carbocycles. The van der Waals surface area contributed by atoms with E-state index in [1.165, 1.54) is 17.5 Å². The standard InChI is InChI=1S/C17H24N2O/c1-13-3-5-14(6-4-13)12-19(15-7-8-15)16(20)11-17(18)9-2-10-17/h3-6,15H,2,7-12,18H2,1H3. The molecule has 1 aromatic rings. The number of hydrogen-bond donors (Lipinski definition) is 1. The van der Waals surface area contributed by atoms with Crippen molar-refractivity contribution in [3.05, 3.63) is 35.4 Å². The largest absolute Gasteiger partial charge is 0.335 e. The highest BCUT2D eigenvalue weighted by molar-refractivity contribution is 5.78. The molecule has 2 N–H and O–H groups in total. The van der Waals surface area contributed by atoms with Gasteiger partial charge in [0.1, 0.15) is 0 Å². The van der Waals surface area contributed by atoms with Crippen molar-refractivity contribution in [2.45, 2.75) is 63.6 Å². The number of amides is 1. The maximum absolute atomic E-state index is 12.6. The van der Waals surface area contributed by atoms with E-state index in [0.29, 0.717) is 12.5 Å². The van der Waals surface area contributed by atoms with E-state index >= 15 is 0 Å². The molecule has 0 saturated heterocycles. The molecule has 0 bridgehead atoms. The average Bonchev–Trinajstić information content (AvgIpc) is 3.20. The second-order valence-corrected chi connectivity index (χ2v) is 6.63. The monoisotopic (exact) mass is 272 g/mol. The molecule has 0 radical (unpaired) electrons. The van der Waals surface area contributed by atoms with Crippen LogP contribution < -0.4 is 5.73 Å². The summed E-state index contributed by atoms with van der Waals surface area (Å²) in [4.78, 5) is 14.6. The molecule has 3 heteroatoms. The van der Waals surface area contributed by atoms with Crippen molar-refractivity contribution in [1.29, 1.82) is 0 Å². The van der Waals surface area contributed by atoms with Crippen LogP contribution >= 0.6 is 0 Å². The van der Waals surface area contributed by atoms with Gasteiger partial charge in [-0.15, -0.1) is 0 Å². The minimum Gasteiger partial charge on any atom is -0.335 e. The molecule has 3 rings (SSSR count). The lowest BCUT2D eigenvalue weighted by Crippen LogP contribution is -2.50. The first-order valence-electron chi connectivity index (χ1n) is 7.70. The van der Waals surface area contributed by atoms with Gasteiger partial charge in [-0.25, -0.2) is 0 Å². The Morgan fingerprint density at radius 1 is 1.30 bits per heavy atom. The smallest absolute Gasteiger partial charge is 0.224 e. The lowest BCUT2D eigenvalue weighted by molar-refractivity contribution is -0.134. The number of carbonyl (C=O) groups is 1. The van der Waals surface area contributed by atoms with Crippen LogP contribution in [0.25, 0.3) is 0 Å². The summed E-state index contributed by atoms with van der Waals surface area (Å²) in [5, 5.41) is 0. The van der Waals surface area contributed by atoms with Gasteiger partial charge in [-0.1, -0.05) is 29.8 Å². The van der Waals surface area contributed by atoms with E-state index in [0.717, 1.165) is 32.2 Å². The molecule has 3 nitrogen and oxygen atoms in total. The quantitative estimate of drug-likeness (QED) is 0.896. The summed E-state index contributed by atoms with van der Waals surface area (Å²) in [6.07, 6.45) is 5.99. The van der Waals surface area contributed by atoms with E-state index in [9.17, 15) is 4.79 Å². The number of rotatable bonds is 5. The third-order valence-corrected chi connectivity index (χ3v) is 4.63. The highest BCUT2D eigenvalue weighted by Gasteiger charge is 2.39. The van der Waals surface area contributed by atoms with Crippen LogP contribution in [0.2, 0.25) is 0 Å². The zero-order valence-electron chi connectivity index (χ0n) is 12.3. The highest BCUT2D eigenvalue weighted by Crippen LogP contribution is 2.35. The first-order chi connectivity index (χ1) is 9.56. The Kier molecular flexibility index (Phi) is 3.55. The second-order valence-electron chi connectivity index (χ2n) is 6.63. The zero-order chi connectivity index (χ0) is 14.2. The van der Waals surface area contributed by atoms with E-state index in [-0.39, 0.29) is 11.4 Å². The fourth-order valence-corrected chi connectivity index (χ4v) is 2.91. The van der Waals surface area contributed by atoms with Gasteiger partial charge in [-0.2, -0.15) is 0 Å². The van der Waals surface area contributed by atoms with Crippen molar-refractivity contribution in [1.82, 2.24) is 4.90 Å². The number of nitrogens with zero attached hydrogens (tertiary/aromatic N) is 1.